The molecule has 0 fully saturated rings. The molecule has 7 nitrogen and oxygen atoms in total. The zero-order valence-corrected chi connectivity index (χ0v) is 18.4. The first kappa shape index (κ1) is 22.6. The summed E-state index contributed by atoms with van der Waals surface area (Å²) in [6.07, 6.45) is 0.434. The van der Waals surface area contributed by atoms with Crippen molar-refractivity contribution in [1.29, 1.82) is 0 Å². The largest absolute Gasteiger partial charge is 0.459 e. The third-order valence-corrected chi connectivity index (χ3v) is 6.33. The van der Waals surface area contributed by atoms with Crippen molar-refractivity contribution >= 4 is 24.9 Å². The summed E-state index contributed by atoms with van der Waals surface area (Å²) in [5.74, 6) is 0.0634. The van der Waals surface area contributed by atoms with Crippen molar-refractivity contribution in [2.75, 3.05) is 13.3 Å². The van der Waals surface area contributed by atoms with Crippen LogP contribution in [0.5, 0.6) is 0 Å². The third-order valence-electron chi connectivity index (χ3n) is 3.78. The number of rotatable bonds is 8. The highest BCUT2D eigenvalue weighted by molar-refractivity contribution is 7.60. The van der Waals surface area contributed by atoms with Gasteiger partial charge in [-0.2, -0.15) is 4.98 Å². The van der Waals surface area contributed by atoms with Crippen LogP contribution < -0.4 is 0 Å². The Morgan fingerprint density at radius 2 is 1.93 bits per heavy atom. The fraction of sp³-hybridized carbons (Fsp3) is 0.526. The van der Waals surface area contributed by atoms with Crippen molar-refractivity contribution in [3.63, 3.8) is 0 Å². The fourth-order valence-corrected chi connectivity index (χ4v) is 4.29. The summed E-state index contributed by atoms with van der Waals surface area (Å²) in [5, 5.41) is 4.59. The van der Waals surface area contributed by atoms with E-state index in [4.69, 9.17) is 25.4 Å². The molecule has 1 aromatic heterocycles. The lowest BCUT2D eigenvalue weighted by atomic mass is 10.1. The smallest absolute Gasteiger partial charge is 0.319 e. The Labute approximate surface area is 170 Å². The Hall–Kier alpha value is -1.69. The highest BCUT2D eigenvalue weighted by Crippen LogP contribution is 2.50. The molecule has 2 unspecified atom stereocenters. The van der Waals surface area contributed by atoms with E-state index >= 15 is 0 Å². The van der Waals surface area contributed by atoms with Crippen molar-refractivity contribution in [2.45, 2.75) is 51.8 Å². The zero-order chi connectivity index (χ0) is 20.9. The number of hydrogen-bond acceptors (Lipinski definition) is 7. The van der Waals surface area contributed by atoms with E-state index in [1.807, 2.05) is 12.1 Å². The van der Waals surface area contributed by atoms with Gasteiger partial charge in [-0.05, 0) is 45.4 Å². The van der Waals surface area contributed by atoms with Gasteiger partial charge in [-0.3, -0.25) is 9.36 Å². The van der Waals surface area contributed by atoms with E-state index in [1.165, 1.54) is 6.66 Å². The second-order valence-corrected chi connectivity index (χ2v) is 10.6. The molecule has 2 aromatic rings. The van der Waals surface area contributed by atoms with Crippen LogP contribution in [-0.2, 0) is 31.5 Å². The summed E-state index contributed by atoms with van der Waals surface area (Å²) in [5.41, 5.74) is -0.762. The second-order valence-electron chi connectivity index (χ2n) is 7.49. The Kier molecular flexibility index (Phi) is 7.43. The summed E-state index contributed by atoms with van der Waals surface area (Å²) in [4.78, 5) is 17.0. The van der Waals surface area contributed by atoms with Crippen LogP contribution in [0.4, 0.5) is 0 Å². The second kappa shape index (κ2) is 9.21. The fourth-order valence-electron chi connectivity index (χ4n) is 2.55. The van der Waals surface area contributed by atoms with E-state index in [9.17, 15) is 9.36 Å². The molecule has 0 N–H and O–H groups in total. The third kappa shape index (κ3) is 6.73. The van der Waals surface area contributed by atoms with Crippen molar-refractivity contribution in [2.24, 2.45) is 0 Å². The molecule has 2 atom stereocenters. The molecule has 0 radical (unpaired) electrons. The van der Waals surface area contributed by atoms with Crippen LogP contribution in [0.15, 0.2) is 28.8 Å². The molecular formula is C19H26ClN2O5P. The van der Waals surface area contributed by atoms with Gasteiger partial charge in [0.25, 0.3) is 0 Å². The lowest BCUT2D eigenvalue weighted by Gasteiger charge is -2.26. The average molecular weight is 429 g/mol. The number of halogens is 1. The molecule has 1 aromatic carbocycles. The monoisotopic (exact) mass is 428 g/mol. The van der Waals surface area contributed by atoms with E-state index in [-0.39, 0.29) is 18.9 Å². The zero-order valence-electron chi connectivity index (χ0n) is 16.8. The van der Waals surface area contributed by atoms with E-state index in [2.05, 4.69) is 10.1 Å². The van der Waals surface area contributed by atoms with Gasteiger partial charge in [0.15, 0.2) is 5.82 Å². The number of aromatic nitrogens is 2. The SMILES string of the molecule is CCOP(C)(=O)C(Cc1nc(Cc2ccc(Cl)cc2)no1)C(=O)OC(C)(C)C. The normalized spacial score (nSPS) is 15.1. The highest BCUT2D eigenvalue weighted by Gasteiger charge is 2.40. The van der Waals surface area contributed by atoms with Gasteiger partial charge in [0.05, 0.1) is 6.61 Å². The molecule has 0 aliphatic carbocycles. The molecule has 2 rings (SSSR count). The van der Waals surface area contributed by atoms with Crippen LogP contribution in [0.2, 0.25) is 5.02 Å². The number of esters is 1. The molecule has 0 amide bonds. The summed E-state index contributed by atoms with van der Waals surface area (Å²) < 4.78 is 29.0. The minimum Gasteiger partial charge on any atom is -0.459 e. The minimum absolute atomic E-state index is 0.0176. The van der Waals surface area contributed by atoms with Crippen LogP contribution in [0, 0.1) is 0 Å². The molecule has 0 spiro atoms. The molecule has 1 heterocycles. The van der Waals surface area contributed by atoms with Gasteiger partial charge >= 0.3 is 5.97 Å². The van der Waals surface area contributed by atoms with Gasteiger partial charge in [0.1, 0.15) is 11.3 Å². The first-order valence-electron chi connectivity index (χ1n) is 9.00. The Morgan fingerprint density at radius 1 is 1.29 bits per heavy atom. The van der Waals surface area contributed by atoms with Crippen molar-refractivity contribution < 1.29 is 23.1 Å². The summed E-state index contributed by atoms with van der Waals surface area (Å²) >= 11 is 5.89. The van der Waals surface area contributed by atoms with Gasteiger partial charge in [-0.15, -0.1) is 0 Å². The molecular weight excluding hydrogens is 403 g/mol. The molecule has 9 heteroatoms. The predicted octanol–water partition coefficient (Wildman–Crippen LogP) is 4.51. The number of nitrogens with zero attached hydrogens (tertiary/aromatic N) is 2. The summed E-state index contributed by atoms with van der Waals surface area (Å²) in [7, 11) is -3.29. The first-order valence-corrected chi connectivity index (χ1v) is 11.5. The van der Waals surface area contributed by atoms with Gasteiger partial charge in [-0.1, -0.05) is 28.9 Å². The van der Waals surface area contributed by atoms with Gasteiger partial charge in [0.2, 0.25) is 13.3 Å². The lowest BCUT2D eigenvalue weighted by Crippen LogP contribution is -2.33. The predicted molar refractivity (Wildman–Crippen MR) is 107 cm³/mol. The molecule has 28 heavy (non-hydrogen) atoms. The lowest BCUT2D eigenvalue weighted by molar-refractivity contribution is -0.154. The number of carbonyl (C=O) groups excluding carboxylic acids is 1. The van der Waals surface area contributed by atoms with Crippen LogP contribution >= 0.6 is 19.0 Å². The minimum atomic E-state index is -3.29. The van der Waals surface area contributed by atoms with Gasteiger partial charge < -0.3 is 13.8 Å². The summed E-state index contributed by atoms with van der Waals surface area (Å²) in [6, 6.07) is 7.31. The Balaban J connectivity index is 2.17. The topological polar surface area (TPSA) is 91.5 Å². The maximum atomic E-state index is 13.0. The molecule has 0 saturated heterocycles. The van der Waals surface area contributed by atoms with Gasteiger partial charge in [0, 0.05) is 24.5 Å². The van der Waals surface area contributed by atoms with E-state index in [0.29, 0.717) is 17.3 Å². The van der Waals surface area contributed by atoms with Gasteiger partial charge in [-0.25, -0.2) is 0 Å². The maximum absolute atomic E-state index is 13.0. The number of benzene rings is 1. The van der Waals surface area contributed by atoms with Crippen LogP contribution in [-0.4, -0.2) is 40.6 Å². The van der Waals surface area contributed by atoms with Crippen LogP contribution in [0.3, 0.4) is 0 Å². The van der Waals surface area contributed by atoms with Crippen LogP contribution in [0.25, 0.3) is 0 Å². The Morgan fingerprint density at radius 3 is 2.50 bits per heavy atom. The quantitative estimate of drug-likeness (QED) is 0.451. The standard InChI is InChI=1S/C19H26ClN2O5P/c1-6-25-28(5,24)15(18(23)26-19(2,3)4)12-17-21-16(22-27-17)11-13-7-9-14(20)10-8-13/h7-10,15H,6,11-12H2,1-5H3. The molecule has 0 saturated carbocycles. The van der Waals surface area contributed by atoms with E-state index in [1.54, 1.807) is 39.8 Å². The van der Waals surface area contributed by atoms with E-state index < -0.39 is 24.6 Å². The van der Waals surface area contributed by atoms with Crippen molar-refractivity contribution in [3.05, 3.63) is 46.6 Å². The highest BCUT2D eigenvalue weighted by atomic mass is 35.5. The average Bonchev–Trinajstić information content (AvgIpc) is 3.00. The summed E-state index contributed by atoms with van der Waals surface area (Å²) in [6.45, 7) is 8.62. The maximum Gasteiger partial charge on any atom is 0.319 e. The van der Waals surface area contributed by atoms with Crippen molar-refractivity contribution in [3.8, 4) is 0 Å². The number of carbonyl (C=O) groups is 1. The molecule has 0 bridgehead atoms. The molecule has 0 aliphatic rings. The van der Waals surface area contributed by atoms with E-state index in [0.717, 1.165) is 5.56 Å². The first-order chi connectivity index (χ1) is 13.0. The Bertz CT molecular complexity index is 845. The number of ether oxygens (including phenoxy) is 1. The van der Waals surface area contributed by atoms with Crippen LogP contribution in [0.1, 0.15) is 45.0 Å². The molecule has 0 aliphatic heterocycles. The van der Waals surface area contributed by atoms with Crippen molar-refractivity contribution in [1.82, 2.24) is 10.1 Å². The molecule has 154 valence electrons. The number of hydrogen-bond donors (Lipinski definition) is 0.